The van der Waals surface area contributed by atoms with E-state index < -0.39 is 0 Å². The van der Waals surface area contributed by atoms with E-state index in [0.717, 1.165) is 0 Å². The summed E-state index contributed by atoms with van der Waals surface area (Å²) in [4.78, 5) is 0. The van der Waals surface area contributed by atoms with Crippen LogP contribution < -0.4 is 0 Å². The monoisotopic (exact) mass is 175 g/mol. The summed E-state index contributed by atoms with van der Waals surface area (Å²) < 4.78 is 1.98. The highest BCUT2D eigenvalue weighted by Gasteiger charge is 1.96. The zero-order valence-corrected chi connectivity index (χ0v) is 6.78. The number of aromatic nitrogens is 2. The van der Waals surface area contributed by atoms with Crippen LogP contribution in [0.5, 0.6) is 0 Å². The van der Waals surface area contributed by atoms with Crippen molar-refractivity contribution in [2.24, 2.45) is 0 Å². The van der Waals surface area contributed by atoms with Crippen LogP contribution in [0.15, 0.2) is 12.1 Å². The predicted octanol–water partition coefficient (Wildman–Crippen LogP) is 2.35. The number of H-pyrrole nitrogens is 1. The van der Waals surface area contributed by atoms with Crippen LogP contribution in [0.25, 0.3) is 5.00 Å². The molecule has 0 bridgehead atoms. The van der Waals surface area contributed by atoms with Gasteiger partial charge in [0, 0.05) is 10.5 Å². The molecule has 0 saturated carbocycles. The quantitative estimate of drug-likeness (QED) is 0.593. The fourth-order valence-electron chi connectivity index (χ4n) is 0.529. The van der Waals surface area contributed by atoms with E-state index in [1.54, 1.807) is 30.2 Å². The number of nitrogens with zero attached hydrogens (tertiary/aromatic N) is 1. The molecule has 0 atom stereocenters. The molecule has 0 aromatic carbocycles. The Morgan fingerprint density at radius 3 is 3.56 bits per heavy atom. The number of hydrogen-bond donors (Lipinski definition) is 1. The summed E-state index contributed by atoms with van der Waals surface area (Å²) in [5.41, 5.74) is 0. The maximum absolute atomic E-state index is 2.96. The Balaban J connectivity index is 2.79. The Labute approximate surface area is 62.9 Å². The number of nitrogens with one attached hydrogen (secondary N) is 1. The molecule has 1 radical (unpaired) electrons. The zero-order valence-electron chi connectivity index (χ0n) is 4.33. The lowest BCUT2D eigenvalue weighted by atomic mass is 10.6. The Morgan fingerprint density at radius 2 is 2.67 bits per heavy atom. The first-order valence-corrected chi connectivity index (χ1v) is 5.77. The Bertz CT molecular complexity index is 254. The summed E-state index contributed by atoms with van der Waals surface area (Å²) in [5, 5.41) is 4.20. The maximum Gasteiger partial charge on any atom is 0.139 e. The van der Waals surface area contributed by atoms with Crippen LogP contribution in [-0.4, -0.2) is 9.17 Å². The van der Waals surface area contributed by atoms with Crippen molar-refractivity contribution < 1.29 is 0 Å². The SMILES string of the molecule is [c]1ccc2sssn-2[nH]1. The summed E-state index contributed by atoms with van der Waals surface area (Å²) in [6, 6.07) is 3.92. The second-order valence-corrected chi connectivity index (χ2v) is 5.26. The summed E-state index contributed by atoms with van der Waals surface area (Å²) in [5.74, 6) is 0. The third-order valence-electron chi connectivity index (χ3n) is 0.900. The molecule has 47 valence electrons. The van der Waals surface area contributed by atoms with E-state index in [9.17, 15) is 0 Å². The molecular weight excluding hydrogens is 172 g/mol. The van der Waals surface area contributed by atoms with E-state index >= 15 is 0 Å². The normalized spacial score (nSPS) is 10.2. The van der Waals surface area contributed by atoms with Gasteiger partial charge in [0.25, 0.3) is 0 Å². The second-order valence-electron chi connectivity index (χ2n) is 1.45. The molecule has 2 rings (SSSR count). The van der Waals surface area contributed by atoms with Gasteiger partial charge in [-0.05, 0) is 31.8 Å². The lowest BCUT2D eigenvalue weighted by Gasteiger charge is -1.94. The molecule has 2 nitrogen and oxygen atoms in total. The van der Waals surface area contributed by atoms with Crippen molar-refractivity contribution in [2.45, 2.75) is 0 Å². The van der Waals surface area contributed by atoms with Crippen LogP contribution in [0, 0.1) is 6.20 Å². The van der Waals surface area contributed by atoms with Gasteiger partial charge in [0.1, 0.15) is 5.00 Å². The standard InChI is InChI=1S/C4H3N2S3/c1-2-4-6(5-3-1)8-9-7-4/h1-2,5H. The largest absolute Gasteiger partial charge is 0.281 e. The van der Waals surface area contributed by atoms with E-state index in [1.165, 1.54) is 5.00 Å². The lowest BCUT2D eigenvalue weighted by Crippen LogP contribution is -1.90. The van der Waals surface area contributed by atoms with Crippen LogP contribution in [0.4, 0.5) is 0 Å². The minimum Gasteiger partial charge on any atom is -0.281 e. The van der Waals surface area contributed by atoms with Crippen LogP contribution in [-0.2, 0) is 0 Å². The van der Waals surface area contributed by atoms with Crippen molar-refractivity contribution in [3.05, 3.63) is 18.3 Å². The maximum atomic E-state index is 2.96. The number of hydrogen-bond acceptors (Lipinski definition) is 3. The molecule has 0 amide bonds. The van der Waals surface area contributed by atoms with Gasteiger partial charge in [0.15, 0.2) is 0 Å². The molecule has 2 aliphatic heterocycles. The molecular formula is C4H3N2S3. The predicted molar refractivity (Wildman–Crippen MR) is 41.4 cm³/mol. The third kappa shape index (κ3) is 0.910. The first kappa shape index (κ1) is 5.52. The van der Waals surface area contributed by atoms with Crippen LogP contribution >= 0.6 is 30.2 Å². The van der Waals surface area contributed by atoms with Crippen LogP contribution in [0.1, 0.15) is 0 Å². The van der Waals surface area contributed by atoms with Crippen LogP contribution in [0.3, 0.4) is 0 Å². The topological polar surface area (TPSA) is 20.7 Å². The van der Waals surface area contributed by atoms with Gasteiger partial charge >= 0.3 is 0 Å². The highest BCUT2D eigenvalue weighted by molar-refractivity contribution is 7.94. The Kier molecular flexibility index (Phi) is 1.33. The van der Waals surface area contributed by atoms with Gasteiger partial charge in [-0.25, -0.2) is 0 Å². The smallest absolute Gasteiger partial charge is 0.139 e. The zero-order chi connectivity index (χ0) is 6.10. The van der Waals surface area contributed by atoms with Gasteiger partial charge in [-0.3, -0.25) is 5.10 Å². The summed E-state index contributed by atoms with van der Waals surface area (Å²) >= 11 is 0. The minimum absolute atomic E-state index is 1.24. The molecule has 5 heteroatoms. The number of rotatable bonds is 0. The molecule has 0 fully saturated rings. The van der Waals surface area contributed by atoms with Gasteiger partial charge in [0.05, 0.1) is 6.20 Å². The second kappa shape index (κ2) is 2.17. The highest BCUT2D eigenvalue weighted by atomic mass is 33.2. The Morgan fingerprint density at radius 1 is 1.67 bits per heavy atom. The molecule has 0 aromatic heterocycles. The van der Waals surface area contributed by atoms with Crippen molar-refractivity contribution in [1.29, 1.82) is 0 Å². The highest BCUT2D eigenvalue weighted by Crippen LogP contribution is 2.24. The lowest BCUT2D eigenvalue weighted by molar-refractivity contribution is 0.941. The molecule has 9 heavy (non-hydrogen) atoms. The molecule has 0 aromatic rings. The minimum atomic E-state index is 1.24. The van der Waals surface area contributed by atoms with Gasteiger partial charge in [-0.2, -0.15) is 4.07 Å². The molecule has 0 saturated heterocycles. The van der Waals surface area contributed by atoms with E-state index in [4.69, 9.17) is 0 Å². The van der Waals surface area contributed by atoms with Crippen molar-refractivity contribution in [2.75, 3.05) is 0 Å². The van der Waals surface area contributed by atoms with E-state index in [-0.39, 0.29) is 0 Å². The fraction of sp³-hybridized carbons (Fsp3) is 0. The van der Waals surface area contributed by atoms with E-state index in [1.807, 2.05) is 16.2 Å². The number of fused-ring (bicyclic) bond motifs is 1. The Hall–Kier alpha value is -0.260. The number of aromatic amines is 1. The van der Waals surface area contributed by atoms with Gasteiger partial charge in [0.2, 0.25) is 0 Å². The summed E-state index contributed by atoms with van der Waals surface area (Å²) in [7, 11) is 5.18. The molecule has 2 heterocycles. The third-order valence-corrected chi connectivity index (χ3v) is 4.58. The molecule has 1 N–H and O–H groups in total. The van der Waals surface area contributed by atoms with Crippen molar-refractivity contribution >= 4 is 30.2 Å². The van der Waals surface area contributed by atoms with Crippen molar-refractivity contribution in [1.82, 2.24) is 9.17 Å². The molecule has 0 aliphatic carbocycles. The molecule has 0 spiro atoms. The summed E-state index contributed by atoms with van der Waals surface area (Å²) in [6.45, 7) is 0. The molecule has 2 aliphatic rings. The first-order valence-electron chi connectivity index (χ1n) is 2.33. The van der Waals surface area contributed by atoms with Crippen molar-refractivity contribution in [3.63, 3.8) is 0 Å². The average Bonchev–Trinajstić information content (AvgIpc) is 2.33. The van der Waals surface area contributed by atoms with E-state index in [2.05, 4.69) is 11.3 Å². The summed E-state index contributed by atoms with van der Waals surface area (Å²) in [6.07, 6.45) is 2.88. The average molecular weight is 175 g/mol. The van der Waals surface area contributed by atoms with Gasteiger partial charge in [-0.1, -0.05) is 0 Å². The molecule has 0 unspecified atom stereocenters. The van der Waals surface area contributed by atoms with Crippen molar-refractivity contribution in [3.8, 4) is 5.00 Å². The fourth-order valence-corrected chi connectivity index (χ4v) is 4.33. The van der Waals surface area contributed by atoms with E-state index in [0.29, 0.717) is 0 Å². The van der Waals surface area contributed by atoms with Gasteiger partial charge < -0.3 is 0 Å². The van der Waals surface area contributed by atoms with Crippen LogP contribution in [0.2, 0.25) is 0 Å². The first-order chi connectivity index (χ1) is 4.47. The van der Waals surface area contributed by atoms with Gasteiger partial charge in [-0.15, -0.1) is 0 Å².